The zero-order valence-electron chi connectivity index (χ0n) is 17.8. The average molecular weight is 435 g/mol. The molecule has 31 heavy (non-hydrogen) atoms. The largest absolute Gasteiger partial charge is 0.351 e. The number of fused-ring (bicyclic) bond motifs is 1. The maximum Gasteiger partial charge on any atom is 0.277 e. The summed E-state index contributed by atoms with van der Waals surface area (Å²) in [6, 6.07) is 13.7. The van der Waals surface area contributed by atoms with Gasteiger partial charge in [-0.15, -0.1) is 11.3 Å². The van der Waals surface area contributed by atoms with Crippen LogP contribution in [-0.4, -0.2) is 33.2 Å². The highest BCUT2D eigenvalue weighted by Crippen LogP contribution is 2.36. The number of thiophene rings is 1. The molecule has 160 valence electrons. The Bertz CT molecular complexity index is 1130. The van der Waals surface area contributed by atoms with Crippen molar-refractivity contribution in [2.45, 2.75) is 57.7 Å². The number of rotatable bonds is 4. The molecule has 0 unspecified atom stereocenters. The number of carbonyl (C=O) groups excluding carboxylic acids is 2. The van der Waals surface area contributed by atoms with Crippen LogP contribution >= 0.6 is 11.3 Å². The van der Waals surface area contributed by atoms with Gasteiger partial charge in [-0.25, -0.2) is 0 Å². The van der Waals surface area contributed by atoms with Crippen molar-refractivity contribution in [3.8, 4) is 10.6 Å². The van der Waals surface area contributed by atoms with E-state index in [1.54, 1.807) is 20.9 Å². The summed E-state index contributed by atoms with van der Waals surface area (Å²) in [7, 11) is 0. The predicted octanol–water partition coefficient (Wildman–Crippen LogP) is 4.40. The Balaban J connectivity index is 1.60. The molecule has 1 aromatic carbocycles. The first-order valence-electron chi connectivity index (χ1n) is 10.8. The van der Waals surface area contributed by atoms with E-state index < -0.39 is 5.54 Å². The monoisotopic (exact) mass is 434 g/mol. The minimum absolute atomic E-state index is 0.116. The first-order valence-corrected chi connectivity index (χ1v) is 11.7. The molecule has 0 spiro atoms. The van der Waals surface area contributed by atoms with Crippen LogP contribution in [0.1, 0.15) is 48.7 Å². The molecule has 3 heterocycles. The Hall–Kier alpha value is -2.93. The number of para-hydroxylation sites is 1. The fourth-order valence-corrected chi connectivity index (χ4v) is 5.41. The second kappa shape index (κ2) is 7.64. The van der Waals surface area contributed by atoms with E-state index in [-0.39, 0.29) is 17.9 Å². The first kappa shape index (κ1) is 20.0. The lowest BCUT2D eigenvalue weighted by molar-refractivity contribution is -0.127. The molecule has 5 rings (SSSR count). The van der Waals surface area contributed by atoms with Gasteiger partial charge in [-0.2, -0.15) is 5.10 Å². The summed E-state index contributed by atoms with van der Waals surface area (Å²) in [5, 5.41) is 9.92. The van der Waals surface area contributed by atoms with E-state index in [1.807, 2.05) is 61.7 Å². The molecule has 7 heteroatoms. The highest BCUT2D eigenvalue weighted by Gasteiger charge is 2.49. The molecule has 0 saturated heterocycles. The van der Waals surface area contributed by atoms with E-state index >= 15 is 0 Å². The Morgan fingerprint density at radius 2 is 1.97 bits per heavy atom. The van der Waals surface area contributed by atoms with Crippen LogP contribution in [-0.2, 0) is 11.3 Å². The van der Waals surface area contributed by atoms with Crippen LogP contribution in [0.5, 0.6) is 0 Å². The first-order chi connectivity index (χ1) is 15.0. The van der Waals surface area contributed by atoms with Gasteiger partial charge in [0.2, 0.25) is 5.91 Å². The van der Waals surface area contributed by atoms with Crippen LogP contribution in [0.4, 0.5) is 5.69 Å². The van der Waals surface area contributed by atoms with Crippen molar-refractivity contribution in [1.29, 1.82) is 0 Å². The number of hydrogen-bond acceptors (Lipinski definition) is 4. The maximum absolute atomic E-state index is 13.8. The number of nitrogens with zero attached hydrogens (tertiary/aromatic N) is 3. The van der Waals surface area contributed by atoms with Crippen molar-refractivity contribution in [2.24, 2.45) is 0 Å². The molecule has 2 amide bonds. The van der Waals surface area contributed by atoms with Gasteiger partial charge in [0.15, 0.2) is 0 Å². The molecular formula is C24H26N4O2S. The Labute approximate surface area is 185 Å². The number of aryl methyl sites for hydroxylation is 1. The van der Waals surface area contributed by atoms with E-state index in [0.29, 0.717) is 12.2 Å². The van der Waals surface area contributed by atoms with Gasteiger partial charge in [-0.05, 0) is 55.8 Å². The Kier molecular flexibility index (Phi) is 4.93. The average Bonchev–Trinajstić information content (AvgIpc) is 3.50. The molecule has 0 radical (unpaired) electrons. The SMILES string of the molecule is Cc1ccccc1N1C(=O)c2cc(-c3cccs3)nn2C[C@]1(C)C(=O)NC1CCCC1. The lowest BCUT2D eigenvalue weighted by Crippen LogP contribution is -2.65. The lowest BCUT2D eigenvalue weighted by atomic mass is 9.92. The molecule has 1 saturated carbocycles. The van der Waals surface area contributed by atoms with Crippen LogP contribution in [0.25, 0.3) is 10.6 Å². The van der Waals surface area contributed by atoms with Crippen LogP contribution in [0.15, 0.2) is 47.8 Å². The van der Waals surface area contributed by atoms with Crippen LogP contribution < -0.4 is 10.2 Å². The summed E-state index contributed by atoms with van der Waals surface area (Å²) >= 11 is 1.59. The smallest absolute Gasteiger partial charge is 0.277 e. The zero-order chi connectivity index (χ0) is 21.6. The Morgan fingerprint density at radius 3 is 2.68 bits per heavy atom. The quantitative estimate of drug-likeness (QED) is 0.662. The minimum Gasteiger partial charge on any atom is -0.351 e. The molecule has 1 fully saturated rings. The number of anilines is 1. The number of aromatic nitrogens is 2. The second-order valence-corrected chi connectivity index (χ2v) is 9.65. The van der Waals surface area contributed by atoms with E-state index in [9.17, 15) is 9.59 Å². The van der Waals surface area contributed by atoms with Gasteiger partial charge in [0, 0.05) is 11.7 Å². The van der Waals surface area contributed by atoms with Gasteiger partial charge in [0.25, 0.3) is 5.91 Å². The van der Waals surface area contributed by atoms with Crippen LogP contribution in [0.3, 0.4) is 0 Å². The molecule has 6 nitrogen and oxygen atoms in total. The lowest BCUT2D eigenvalue weighted by Gasteiger charge is -2.44. The van der Waals surface area contributed by atoms with Gasteiger partial charge in [-0.3, -0.25) is 19.2 Å². The zero-order valence-corrected chi connectivity index (χ0v) is 18.6. The molecular weight excluding hydrogens is 408 g/mol. The van der Waals surface area contributed by atoms with Crippen LogP contribution in [0.2, 0.25) is 0 Å². The van der Waals surface area contributed by atoms with Gasteiger partial charge in [-0.1, -0.05) is 37.1 Å². The van der Waals surface area contributed by atoms with Gasteiger partial charge >= 0.3 is 0 Å². The second-order valence-electron chi connectivity index (χ2n) is 8.71. The Morgan fingerprint density at radius 1 is 1.19 bits per heavy atom. The van der Waals surface area contributed by atoms with Crippen molar-refractivity contribution in [2.75, 3.05) is 4.90 Å². The van der Waals surface area contributed by atoms with Gasteiger partial charge in [0.05, 0.1) is 11.4 Å². The summed E-state index contributed by atoms with van der Waals surface area (Å²) in [5.41, 5.74) is 1.93. The molecule has 1 N–H and O–H groups in total. The minimum atomic E-state index is -1.07. The molecule has 3 aromatic rings. The molecule has 2 aromatic heterocycles. The third-order valence-corrected chi connectivity index (χ3v) is 7.36. The summed E-state index contributed by atoms with van der Waals surface area (Å²) < 4.78 is 1.71. The summed E-state index contributed by atoms with van der Waals surface area (Å²) in [5.74, 6) is -0.310. The number of amides is 2. The van der Waals surface area contributed by atoms with Crippen molar-refractivity contribution in [1.82, 2.24) is 15.1 Å². The van der Waals surface area contributed by atoms with E-state index in [0.717, 1.165) is 47.5 Å². The van der Waals surface area contributed by atoms with Gasteiger partial charge in [0.1, 0.15) is 16.9 Å². The maximum atomic E-state index is 13.8. The molecule has 1 aliphatic carbocycles. The number of carbonyl (C=O) groups is 2. The number of nitrogens with one attached hydrogen (secondary N) is 1. The van der Waals surface area contributed by atoms with Crippen molar-refractivity contribution in [3.05, 3.63) is 59.1 Å². The summed E-state index contributed by atoms with van der Waals surface area (Å²) in [6.45, 7) is 4.14. The van der Waals surface area contributed by atoms with Crippen molar-refractivity contribution >= 4 is 28.8 Å². The molecule has 1 atom stereocenters. The third-order valence-electron chi connectivity index (χ3n) is 6.46. The molecule has 0 bridgehead atoms. The molecule has 2 aliphatic rings. The van der Waals surface area contributed by atoms with Crippen molar-refractivity contribution in [3.63, 3.8) is 0 Å². The third kappa shape index (κ3) is 3.37. The van der Waals surface area contributed by atoms with E-state index in [2.05, 4.69) is 5.32 Å². The standard InChI is InChI=1S/C24H26N4O2S/c1-16-8-3-6-11-19(16)28-22(29)20-14-18(21-12-7-13-31-21)26-27(20)15-24(28,2)23(30)25-17-9-4-5-10-17/h3,6-8,11-14,17H,4-5,9-10,15H2,1-2H3,(H,25,30)/t24-/m1/s1. The number of hydrogen-bond donors (Lipinski definition) is 1. The van der Waals surface area contributed by atoms with E-state index in [1.165, 1.54) is 0 Å². The van der Waals surface area contributed by atoms with Gasteiger partial charge < -0.3 is 5.32 Å². The van der Waals surface area contributed by atoms with E-state index in [4.69, 9.17) is 5.10 Å². The van der Waals surface area contributed by atoms with Crippen molar-refractivity contribution < 1.29 is 9.59 Å². The normalized spacial score (nSPS) is 21.4. The summed E-state index contributed by atoms with van der Waals surface area (Å²) in [6.07, 6.45) is 4.26. The van der Waals surface area contributed by atoms with Crippen LogP contribution in [0, 0.1) is 6.92 Å². The predicted molar refractivity (Wildman–Crippen MR) is 122 cm³/mol. The fourth-order valence-electron chi connectivity index (χ4n) is 4.73. The molecule has 1 aliphatic heterocycles. The fraction of sp³-hybridized carbons (Fsp3) is 0.375. The summed E-state index contributed by atoms with van der Waals surface area (Å²) in [4.78, 5) is 30.1. The highest BCUT2D eigenvalue weighted by molar-refractivity contribution is 7.13. The number of benzene rings is 1. The topological polar surface area (TPSA) is 67.2 Å². The highest BCUT2D eigenvalue weighted by atomic mass is 32.1.